The molecule has 1 aromatic heterocycles. The smallest absolute Gasteiger partial charge is 0.354 e. The number of hydrogen-bond donors (Lipinski definition) is 0. The normalized spacial score (nSPS) is 11.7. The molecule has 0 saturated carbocycles. The van der Waals surface area contributed by atoms with E-state index in [1.54, 1.807) is 37.7 Å². The molecule has 32 heavy (non-hydrogen) atoms. The van der Waals surface area contributed by atoms with Crippen LogP contribution in [-0.2, 0) is 26.0 Å². The molecule has 0 unspecified atom stereocenters. The second kappa shape index (κ2) is 10.9. The summed E-state index contributed by atoms with van der Waals surface area (Å²) in [6.45, 7) is 7.81. The average molecular weight is 465 g/mol. The lowest BCUT2D eigenvalue weighted by atomic mass is 10.1. The van der Waals surface area contributed by atoms with Crippen molar-refractivity contribution >= 4 is 21.8 Å². The number of rotatable bonds is 11. The third-order valence-corrected chi connectivity index (χ3v) is 7.33. The Morgan fingerprint density at radius 2 is 1.69 bits per heavy atom. The lowest BCUT2D eigenvalue weighted by Crippen LogP contribution is -2.37. The molecular formula is C23H32N2O6S. The maximum Gasteiger partial charge on any atom is 0.354 e. The van der Waals surface area contributed by atoms with E-state index in [0.717, 1.165) is 5.56 Å². The molecule has 176 valence electrons. The SMILES string of the molecule is CCn1c(C)c(C(=O)CN(CCCOC)S(=O)(=O)c2ccc(C)cc2)c(C)c1C(=O)OC. The first kappa shape index (κ1) is 25.8. The molecule has 0 bridgehead atoms. The van der Waals surface area contributed by atoms with Crippen LogP contribution in [0.5, 0.6) is 0 Å². The van der Waals surface area contributed by atoms with Crippen LogP contribution in [0.15, 0.2) is 29.2 Å². The van der Waals surface area contributed by atoms with Crippen LogP contribution >= 0.6 is 0 Å². The first-order chi connectivity index (χ1) is 15.1. The van der Waals surface area contributed by atoms with E-state index in [-0.39, 0.29) is 23.8 Å². The van der Waals surface area contributed by atoms with Crippen molar-refractivity contribution in [2.45, 2.75) is 45.6 Å². The molecule has 1 heterocycles. The monoisotopic (exact) mass is 464 g/mol. The third-order valence-electron chi connectivity index (χ3n) is 5.48. The largest absolute Gasteiger partial charge is 0.464 e. The van der Waals surface area contributed by atoms with Gasteiger partial charge in [0.15, 0.2) is 5.78 Å². The van der Waals surface area contributed by atoms with E-state index in [4.69, 9.17) is 9.47 Å². The first-order valence-corrected chi connectivity index (χ1v) is 11.9. The zero-order chi connectivity index (χ0) is 24.1. The highest BCUT2D eigenvalue weighted by Gasteiger charge is 2.31. The van der Waals surface area contributed by atoms with E-state index in [9.17, 15) is 18.0 Å². The third kappa shape index (κ3) is 5.28. The van der Waals surface area contributed by atoms with Gasteiger partial charge in [-0.1, -0.05) is 17.7 Å². The van der Waals surface area contributed by atoms with Gasteiger partial charge in [0, 0.05) is 38.1 Å². The fraction of sp³-hybridized carbons (Fsp3) is 0.478. The number of carbonyl (C=O) groups excluding carboxylic acids is 2. The fourth-order valence-corrected chi connectivity index (χ4v) is 5.26. The maximum absolute atomic E-state index is 13.4. The summed E-state index contributed by atoms with van der Waals surface area (Å²) in [6.07, 6.45) is 0.441. The van der Waals surface area contributed by atoms with Gasteiger partial charge in [-0.05, 0) is 51.8 Å². The van der Waals surface area contributed by atoms with Crippen molar-refractivity contribution in [1.82, 2.24) is 8.87 Å². The Hall–Kier alpha value is -2.49. The summed E-state index contributed by atoms with van der Waals surface area (Å²) in [4.78, 5) is 25.8. The maximum atomic E-state index is 13.4. The Labute approximate surface area is 190 Å². The Morgan fingerprint density at radius 3 is 2.22 bits per heavy atom. The highest BCUT2D eigenvalue weighted by atomic mass is 32.2. The van der Waals surface area contributed by atoms with Crippen LogP contribution in [-0.4, -0.2) is 63.0 Å². The molecule has 0 aliphatic carbocycles. The Kier molecular flexibility index (Phi) is 8.77. The van der Waals surface area contributed by atoms with Gasteiger partial charge >= 0.3 is 5.97 Å². The molecule has 9 heteroatoms. The zero-order valence-electron chi connectivity index (χ0n) is 19.6. The number of methoxy groups -OCH3 is 2. The number of benzene rings is 1. The number of Topliss-reactive ketones (excluding diaryl/α,β-unsaturated/α-hetero) is 1. The van der Waals surface area contributed by atoms with Gasteiger partial charge < -0.3 is 14.0 Å². The zero-order valence-corrected chi connectivity index (χ0v) is 20.4. The summed E-state index contributed by atoms with van der Waals surface area (Å²) in [5.74, 6) is -0.902. The molecule has 2 aromatic rings. The van der Waals surface area contributed by atoms with Gasteiger partial charge in [-0.3, -0.25) is 4.79 Å². The molecule has 2 rings (SSSR count). The van der Waals surface area contributed by atoms with E-state index in [1.165, 1.54) is 23.5 Å². The van der Waals surface area contributed by atoms with Crippen LogP contribution < -0.4 is 0 Å². The molecule has 8 nitrogen and oxygen atoms in total. The van der Waals surface area contributed by atoms with E-state index in [2.05, 4.69) is 0 Å². The van der Waals surface area contributed by atoms with Crippen molar-refractivity contribution in [3.05, 3.63) is 52.3 Å². The molecule has 0 aliphatic rings. The number of carbonyl (C=O) groups is 2. The second-order valence-corrected chi connectivity index (χ2v) is 9.53. The van der Waals surface area contributed by atoms with Crippen molar-refractivity contribution in [1.29, 1.82) is 0 Å². The number of nitrogens with zero attached hydrogens (tertiary/aromatic N) is 2. The average Bonchev–Trinajstić information content (AvgIpc) is 3.02. The highest BCUT2D eigenvalue weighted by molar-refractivity contribution is 7.89. The van der Waals surface area contributed by atoms with Gasteiger partial charge in [0.05, 0.1) is 18.6 Å². The number of aromatic nitrogens is 1. The summed E-state index contributed by atoms with van der Waals surface area (Å²) in [5, 5.41) is 0. The van der Waals surface area contributed by atoms with Crippen LogP contribution in [0.2, 0.25) is 0 Å². The van der Waals surface area contributed by atoms with Gasteiger partial charge in [-0.2, -0.15) is 4.31 Å². The van der Waals surface area contributed by atoms with E-state index < -0.39 is 16.0 Å². The van der Waals surface area contributed by atoms with Gasteiger partial charge in [0.2, 0.25) is 10.0 Å². The van der Waals surface area contributed by atoms with Crippen molar-refractivity contribution < 1.29 is 27.5 Å². The van der Waals surface area contributed by atoms with Crippen molar-refractivity contribution in [2.24, 2.45) is 0 Å². The predicted molar refractivity (Wildman–Crippen MR) is 122 cm³/mol. The summed E-state index contributed by atoms with van der Waals surface area (Å²) in [5.41, 5.74) is 2.70. The molecule has 0 N–H and O–H groups in total. The summed E-state index contributed by atoms with van der Waals surface area (Å²) in [7, 11) is -1.07. The van der Waals surface area contributed by atoms with E-state index in [0.29, 0.717) is 42.1 Å². The summed E-state index contributed by atoms with van der Waals surface area (Å²) in [6, 6.07) is 6.52. The van der Waals surface area contributed by atoms with Crippen molar-refractivity contribution in [2.75, 3.05) is 33.9 Å². The van der Waals surface area contributed by atoms with Crippen molar-refractivity contribution in [3.8, 4) is 0 Å². The summed E-state index contributed by atoms with van der Waals surface area (Å²) >= 11 is 0. The number of hydrogen-bond acceptors (Lipinski definition) is 6. The molecule has 1 aromatic carbocycles. The topological polar surface area (TPSA) is 94.9 Å². The number of ketones is 1. The lowest BCUT2D eigenvalue weighted by Gasteiger charge is -2.22. The molecule has 0 amide bonds. The quantitative estimate of drug-likeness (QED) is 0.288. The van der Waals surface area contributed by atoms with E-state index in [1.807, 2.05) is 13.8 Å². The fourth-order valence-electron chi connectivity index (χ4n) is 3.83. The molecular weight excluding hydrogens is 432 g/mol. The van der Waals surface area contributed by atoms with Crippen molar-refractivity contribution in [3.63, 3.8) is 0 Å². The molecule has 0 atom stereocenters. The minimum Gasteiger partial charge on any atom is -0.464 e. The van der Waals surface area contributed by atoms with Crippen LogP contribution in [0.25, 0.3) is 0 Å². The van der Waals surface area contributed by atoms with E-state index >= 15 is 0 Å². The highest BCUT2D eigenvalue weighted by Crippen LogP contribution is 2.25. The van der Waals surface area contributed by atoms with Crippen LogP contribution in [0, 0.1) is 20.8 Å². The molecule has 0 spiro atoms. The summed E-state index contributed by atoms with van der Waals surface area (Å²) < 4.78 is 39.5. The standard InChI is InChI=1S/C23H32N2O6S/c1-7-25-18(4)21(17(3)22(25)23(27)31-6)20(26)15-24(13-8-14-30-5)32(28,29)19-11-9-16(2)10-12-19/h9-12H,7-8,13-15H2,1-6H3. The molecule has 0 saturated heterocycles. The van der Waals surface area contributed by atoms with Crippen LogP contribution in [0.3, 0.4) is 0 Å². The molecule has 0 fully saturated rings. The Morgan fingerprint density at radius 1 is 1.06 bits per heavy atom. The van der Waals surface area contributed by atoms with Gasteiger partial charge in [-0.15, -0.1) is 0 Å². The lowest BCUT2D eigenvalue weighted by molar-refractivity contribution is 0.0587. The van der Waals surface area contributed by atoms with Gasteiger partial charge in [-0.25, -0.2) is 13.2 Å². The number of aryl methyl sites for hydroxylation is 1. The Bertz CT molecular complexity index is 1070. The second-order valence-electron chi connectivity index (χ2n) is 7.59. The van der Waals surface area contributed by atoms with Crippen LogP contribution in [0.1, 0.15) is 51.0 Å². The first-order valence-electron chi connectivity index (χ1n) is 10.5. The molecule has 0 aliphatic heterocycles. The van der Waals surface area contributed by atoms with Gasteiger partial charge in [0.1, 0.15) is 5.69 Å². The number of ether oxygens (including phenoxy) is 2. The number of sulfonamides is 1. The Balaban J connectivity index is 2.46. The van der Waals surface area contributed by atoms with Gasteiger partial charge in [0.25, 0.3) is 0 Å². The predicted octanol–water partition coefficient (Wildman–Crippen LogP) is 3.13. The minimum atomic E-state index is -3.90. The van der Waals surface area contributed by atoms with Crippen LogP contribution in [0.4, 0.5) is 0 Å². The minimum absolute atomic E-state index is 0.128. The number of esters is 1. The molecule has 0 radical (unpaired) electrons.